The Morgan fingerprint density at radius 2 is 1.87 bits per heavy atom. The van der Waals surface area contributed by atoms with Crippen molar-refractivity contribution in [2.24, 2.45) is 0 Å². The van der Waals surface area contributed by atoms with Crippen molar-refractivity contribution in [3.63, 3.8) is 0 Å². The number of methoxy groups -OCH3 is 1. The van der Waals surface area contributed by atoms with Crippen LogP contribution in [-0.4, -0.2) is 37.0 Å². The van der Waals surface area contributed by atoms with Gasteiger partial charge in [-0.1, -0.05) is 6.07 Å². The summed E-state index contributed by atoms with van der Waals surface area (Å²) < 4.78 is 15.7. The average molecular weight is 316 g/mol. The number of rotatable bonds is 7. The number of anilines is 2. The summed E-state index contributed by atoms with van der Waals surface area (Å²) in [5.74, 6) is 3.83. The van der Waals surface area contributed by atoms with Crippen LogP contribution in [-0.2, 0) is 11.3 Å². The third kappa shape index (κ3) is 4.01. The summed E-state index contributed by atoms with van der Waals surface area (Å²) in [6.07, 6.45) is 0. The van der Waals surface area contributed by atoms with Gasteiger partial charge in [0.25, 0.3) is 0 Å². The molecule has 0 radical (unpaired) electrons. The second-order valence-electron chi connectivity index (χ2n) is 5.15. The van der Waals surface area contributed by atoms with Gasteiger partial charge in [-0.2, -0.15) is 0 Å². The van der Waals surface area contributed by atoms with E-state index in [4.69, 9.17) is 14.2 Å². The summed E-state index contributed by atoms with van der Waals surface area (Å²) in [5, 5.41) is 6.51. The monoisotopic (exact) mass is 316 g/mol. The highest BCUT2D eigenvalue weighted by Gasteiger charge is 2.13. The van der Waals surface area contributed by atoms with Crippen molar-refractivity contribution >= 4 is 11.6 Å². The Hall–Kier alpha value is -2.54. The molecule has 1 aromatic carbocycles. The van der Waals surface area contributed by atoms with Crippen LogP contribution in [0.2, 0.25) is 0 Å². The quantitative estimate of drug-likeness (QED) is 0.758. The molecule has 0 aliphatic carbocycles. The molecule has 0 saturated heterocycles. The van der Waals surface area contributed by atoms with Crippen molar-refractivity contribution in [3.05, 3.63) is 35.7 Å². The molecule has 3 rings (SSSR count). The van der Waals surface area contributed by atoms with Gasteiger partial charge in [0.1, 0.15) is 17.5 Å². The van der Waals surface area contributed by atoms with Gasteiger partial charge in [-0.3, -0.25) is 0 Å². The highest BCUT2D eigenvalue weighted by Crippen LogP contribution is 2.32. The van der Waals surface area contributed by atoms with Crippen molar-refractivity contribution in [3.8, 4) is 11.5 Å². The van der Waals surface area contributed by atoms with Gasteiger partial charge in [0, 0.05) is 26.3 Å². The summed E-state index contributed by atoms with van der Waals surface area (Å²) in [5.41, 5.74) is 1.10. The van der Waals surface area contributed by atoms with Gasteiger partial charge >= 0.3 is 0 Å². The van der Waals surface area contributed by atoms with Crippen molar-refractivity contribution in [1.29, 1.82) is 0 Å². The Balaban J connectivity index is 1.63. The maximum atomic E-state index is 5.39. The Bertz CT molecular complexity index is 678. The standard InChI is InChI=1S/C16H20N4O3/c1-11-19-15(17-5-6-21-2)8-16(20-11)18-9-12-3-4-13-14(7-12)23-10-22-13/h3-4,7-8H,5-6,9-10H2,1-2H3,(H2,17,18,19,20). The van der Waals surface area contributed by atoms with Crippen molar-refractivity contribution in [2.75, 3.05) is 37.7 Å². The maximum absolute atomic E-state index is 5.39. The molecule has 1 aliphatic rings. The lowest BCUT2D eigenvalue weighted by Crippen LogP contribution is -2.11. The molecule has 0 unspecified atom stereocenters. The molecule has 122 valence electrons. The van der Waals surface area contributed by atoms with Crippen LogP contribution in [0.5, 0.6) is 11.5 Å². The lowest BCUT2D eigenvalue weighted by molar-refractivity contribution is 0.174. The first-order chi connectivity index (χ1) is 11.2. The molecule has 23 heavy (non-hydrogen) atoms. The van der Waals surface area contributed by atoms with Crippen molar-refractivity contribution < 1.29 is 14.2 Å². The van der Waals surface area contributed by atoms with E-state index in [0.29, 0.717) is 25.5 Å². The summed E-state index contributed by atoms with van der Waals surface area (Å²) in [7, 11) is 1.67. The molecule has 0 atom stereocenters. The SMILES string of the molecule is COCCNc1cc(NCc2ccc3c(c2)OCO3)nc(C)n1. The molecule has 7 heteroatoms. The van der Waals surface area contributed by atoms with E-state index in [1.807, 2.05) is 31.2 Å². The predicted octanol–water partition coefficient (Wildman–Crippen LogP) is 2.18. The van der Waals surface area contributed by atoms with Gasteiger partial charge < -0.3 is 24.8 Å². The van der Waals surface area contributed by atoms with Crippen molar-refractivity contribution in [2.45, 2.75) is 13.5 Å². The number of hydrogen-bond donors (Lipinski definition) is 2. The van der Waals surface area contributed by atoms with Crippen LogP contribution in [0, 0.1) is 6.92 Å². The van der Waals surface area contributed by atoms with Gasteiger partial charge in [-0.15, -0.1) is 0 Å². The average Bonchev–Trinajstić information content (AvgIpc) is 3.00. The van der Waals surface area contributed by atoms with E-state index in [1.165, 1.54) is 0 Å². The zero-order valence-corrected chi connectivity index (χ0v) is 13.3. The molecule has 2 heterocycles. The van der Waals surface area contributed by atoms with E-state index in [9.17, 15) is 0 Å². The smallest absolute Gasteiger partial charge is 0.231 e. The number of hydrogen-bond acceptors (Lipinski definition) is 7. The molecule has 0 saturated carbocycles. The fourth-order valence-electron chi connectivity index (χ4n) is 2.27. The van der Waals surface area contributed by atoms with E-state index in [2.05, 4.69) is 20.6 Å². The minimum atomic E-state index is 0.286. The molecule has 0 fully saturated rings. The lowest BCUT2D eigenvalue weighted by atomic mass is 10.2. The first-order valence-corrected chi connectivity index (χ1v) is 7.45. The highest BCUT2D eigenvalue weighted by molar-refractivity contribution is 5.49. The zero-order valence-electron chi connectivity index (χ0n) is 13.3. The van der Waals surface area contributed by atoms with E-state index < -0.39 is 0 Å². The Labute approximate surface area is 135 Å². The van der Waals surface area contributed by atoms with Crippen LogP contribution in [0.15, 0.2) is 24.3 Å². The molecule has 0 spiro atoms. The molecule has 2 aromatic rings. The largest absolute Gasteiger partial charge is 0.454 e. The van der Waals surface area contributed by atoms with Crippen molar-refractivity contribution in [1.82, 2.24) is 9.97 Å². The number of fused-ring (bicyclic) bond motifs is 1. The third-order valence-electron chi connectivity index (χ3n) is 3.36. The summed E-state index contributed by atoms with van der Waals surface area (Å²) in [6, 6.07) is 7.78. The number of nitrogens with one attached hydrogen (secondary N) is 2. The van der Waals surface area contributed by atoms with Gasteiger partial charge in [0.2, 0.25) is 6.79 Å². The van der Waals surface area contributed by atoms with Gasteiger partial charge in [0.15, 0.2) is 11.5 Å². The van der Waals surface area contributed by atoms with Crippen LogP contribution in [0.3, 0.4) is 0 Å². The number of ether oxygens (including phenoxy) is 3. The fourth-order valence-corrected chi connectivity index (χ4v) is 2.27. The normalized spacial score (nSPS) is 12.3. The molecule has 0 amide bonds. The van der Waals surface area contributed by atoms with Gasteiger partial charge in [0.05, 0.1) is 6.61 Å². The minimum absolute atomic E-state index is 0.286. The first-order valence-electron chi connectivity index (χ1n) is 7.45. The second-order valence-corrected chi connectivity index (χ2v) is 5.15. The lowest BCUT2D eigenvalue weighted by Gasteiger charge is -2.10. The predicted molar refractivity (Wildman–Crippen MR) is 87.0 cm³/mol. The molecular weight excluding hydrogens is 296 g/mol. The second kappa shape index (κ2) is 7.15. The zero-order chi connectivity index (χ0) is 16.1. The Kier molecular flexibility index (Phi) is 4.77. The summed E-state index contributed by atoms with van der Waals surface area (Å²) >= 11 is 0. The van der Waals surface area contributed by atoms with E-state index >= 15 is 0 Å². The summed E-state index contributed by atoms with van der Waals surface area (Å²) in [6.45, 7) is 4.13. The first kappa shape index (κ1) is 15.4. The van der Waals surface area contributed by atoms with E-state index in [0.717, 1.165) is 28.7 Å². The molecule has 1 aromatic heterocycles. The van der Waals surface area contributed by atoms with Gasteiger partial charge in [-0.25, -0.2) is 9.97 Å². The molecule has 0 bridgehead atoms. The van der Waals surface area contributed by atoms with E-state index in [1.54, 1.807) is 7.11 Å². The summed E-state index contributed by atoms with van der Waals surface area (Å²) in [4.78, 5) is 8.75. The molecular formula is C16H20N4O3. The van der Waals surface area contributed by atoms with Gasteiger partial charge in [-0.05, 0) is 24.6 Å². The Morgan fingerprint density at radius 3 is 2.70 bits per heavy atom. The fraction of sp³-hybridized carbons (Fsp3) is 0.375. The highest BCUT2D eigenvalue weighted by atomic mass is 16.7. The molecule has 2 N–H and O–H groups in total. The molecule has 7 nitrogen and oxygen atoms in total. The van der Waals surface area contributed by atoms with Crippen LogP contribution in [0.4, 0.5) is 11.6 Å². The number of benzene rings is 1. The number of nitrogens with zero attached hydrogens (tertiary/aromatic N) is 2. The maximum Gasteiger partial charge on any atom is 0.231 e. The number of aryl methyl sites for hydroxylation is 1. The van der Waals surface area contributed by atoms with E-state index in [-0.39, 0.29) is 6.79 Å². The third-order valence-corrected chi connectivity index (χ3v) is 3.36. The Morgan fingerprint density at radius 1 is 1.09 bits per heavy atom. The van der Waals surface area contributed by atoms with Crippen LogP contribution in [0.1, 0.15) is 11.4 Å². The van der Waals surface area contributed by atoms with Crippen LogP contribution < -0.4 is 20.1 Å². The topological polar surface area (TPSA) is 77.5 Å². The molecule has 1 aliphatic heterocycles. The number of aromatic nitrogens is 2. The van der Waals surface area contributed by atoms with Crippen LogP contribution >= 0.6 is 0 Å². The van der Waals surface area contributed by atoms with Crippen LogP contribution in [0.25, 0.3) is 0 Å². The minimum Gasteiger partial charge on any atom is -0.454 e.